The monoisotopic (exact) mass is 233 g/mol. The quantitative estimate of drug-likeness (QED) is 0.851. The summed E-state index contributed by atoms with van der Waals surface area (Å²) in [4.78, 5) is 13.9. The number of morpholine rings is 1. The van der Waals surface area contributed by atoms with Gasteiger partial charge in [0.05, 0.1) is 13.2 Å². The molecule has 0 spiro atoms. The highest BCUT2D eigenvalue weighted by Crippen LogP contribution is 2.08. The van der Waals surface area contributed by atoms with Gasteiger partial charge in [0.15, 0.2) is 0 Å². The number of para-hydroxylation sites is 1. The van der Waals surface area contributed by atoms with Crippen LogP contribution in [0, 0.1) is 6.07 Å². The number of rotatable bonds is 3. The van der Waals surface area contributed by atoms with Crippen LogP contribution in [0.25, 0.3) is 0 Å². The summed E-state index contributed by atoms with van der Waals surface area (Å²) in [5.74, 6) is 0.116. The van der Waals surface area contributed by atoms with Crippen LogP contribution in [0.3, 0.4) is 0 Å². The van der Waals surface area contributed by atoms with Gasteiger partial charge in [-0.2, -0.15) is 0 Å². The SMILES string of the molecule is CC(Nc1[c]cccc1)C(=O)N1CCOCC1. The number of carbonyl (C=O) groups excluding carboxylic acids is 1. The summed E-state index contributed by atoms with van der Waals surface area (Å²) < 4.78 is 5.23. The fourth-order valence-electron chi connectivity index (χ4n) is 1.84. The molecule has 1 unspecified atom stereocenters. The van der Waals surface area contributed by atoms with E-state index in [0.29, 0.717) is 26.3 Å². The number of nitrogens with zero attached hydrogens (tertiary/aromatic N) is 1. The van der Waals surface area contributed by atoms with Crippen molar-refractivity contribution < 1.29 is 9.53 Å². The minimum atomic E-state index is -0.230. The number of nitrogens with one attached hydrogen (secondary N) is 1. The number of hydrogen-bond donors (Lipinski definition) is 1. The van der Waals surface area contributed by atoms with Crippen molar-refractivity contribution in [3.63, 3.8) is 0 Å². The van der Waals surface area contributed by atoms with Gasteiger partial charge in [-0.3, -0.25) is 4.79 Å². The molecule has 1 atom stereocenters. The Balaban J connectivity index is 1.90. The Morgan fingerprint density at radius 3 is 2.88 bits per heavy atom. The van der Waals surface area contributed by atoms with Crippen molar-refractivity contribution in [2.45, 2.75) is 13.0 Å². The second kappa shape index (κ2) is 5.68. The molecule has 1 aromatic carbocycles. The minimum Gasteiger partial charge on any atom is -0.378 e. The summed E-state index contributed by atoms with van der Waals surface area (Å²) in [5, 5.41) is 3.15. The van der Waals surface area contributed by atoms with E-state index in [2.05, 4.69) is 11.4 Å². The third-order valence-electron chi connectivity index (χ3n) is 2.77. The van der Waals surface area contributed by atoms with Crippen molar-refractivity contribution in [1.82, 2.24) is 4.90 Å². The average Bonchev–Trinajstić information content (AvgIpc) is 2.40. The smallest absolute Gasteiger partial charge is 0.244 e. The summed E-state index contributed by atoms with van der Waals surface area (Å²) in [7, 11) is 0. The molecule has 17 heavy (non-hydrogen) atoms. The molecular weight excluding hydrogens is 216 g/mol. The largest absolute Gasteiger partial charge is 0.378 e. The molecule has 1 fully saturated rings. The zero-order chi connectivity index (χ0) is 12.1. The molecule has 0 aliphatic carbocycles. The van der Waals surface area contributed by atoms with E-state index in [1.54, 1.807) is 0 Å². The maximum absolute atomic E-state index is 12.1. The molecule has 1 saturated heterocycles. The first-order chi connectivity index (χ1) is 8.27. The number of benzene rings is 1. The summed E-state index contributed by atoms with van der Waals surface area (Å²) in [6.45, 7) is 4.51. The van der Waals surface area contributed by atoms with Gasteiger partial charge in [0.1, 0.15) is 6.04 Å². The van der Waals surface area contributed by atoms with E-state index < -0.39 is 0 Å². The van der Waals surface area contributed by atoms with Crippen LogP contribution in [0.2, 0.25) is 0 Å². The topological polar surface area (TPSA) is 41.6 Å². The predicted molar refractivity (Wildman–Crippen MR) is 65.8 cm³/mol. The maximum atomic E-state index is 12.1. The summed E-state index contributed by atoms with van der Waals surface area (Å²) in [5.41, 5.74) is 0.849. The Morgan fingerprint density at radius 2 is 2.24 bits per heavy atom. The first kappa shape index (κ1) is 11.9. The maximum Gasteiger partial charge on any atom is 0.244 e. The second-order valence-electron chi connectivity index (χ2n) is 4.08. The van der Waals surface area contributed by atoms with E-state index in [1.165, 1.54) is 0 Å². The summed E-state index contributed by atoms with van der Waals surface area (Å²) in [6, 6.07) is 10.4. The number of ether oxygens (including phenoxy) is 1. The fraction of sp³-hybridized carbons (Fsp3) is 0.462. The van der Waals surface area contributed by atoms with Crippen molar-refractivity contribution in [2.24, 2.45) is 0 Å². The van der Waals surface area contributed by atoms with Gasteiger partial charge in [0.2, 0.25) is 5.91 Å². The van der Waals surface area contributed by atoms with Crippen LogP contribution < -0.4 is 5.32 Å². The highest BCUT2D eigenvalue weighted by molar-refractivity contribution is 5.84. The van der Waals surface area contributed by atoms with Gasteiger partial charge < -0.3 is 15.0 Å². The van der Waals surface area contributed by atoms with Crippen LogP contribution in [-0.2, 0) is 9.53 Å². The highest BCUT2D eigenvalue weighted by atomic mass is 16.5. The standard InChI is InChI=1S/C13H17N2O2/c1-11(14-12-5-3-2-4-6-12)13(16)15-7-9-17-10-8-15/h2-5,11,14H,7-10H2,1H3. The van der Waals surface area contributed by atoms with Gasteiger partial charge in [0, 0.05) is 24.8 Å². The van der Waals surface area contributed by atoms with E-state index in [0.717, 1.165) is 5.69 Å². The van der Waals surface area contributed by atoms with Crippen LogP contribution in [0.1, 0.15) is 6.92 Å². The molecule has 1 radical (unpaired) electrons. The number of hydrogen-bond acceptors (Lipinski definition) is 3. The number of carbonyl (C=O) groups is 1. The molecule has 1 aliphatic rings. The minimum absolute atomic E-state index is 0.116. The molecule has 4 heteroatoms. The predicted octanol–water partition coefficient (Wildman–Crippen LogP) is 1.15. The van der Waals surface area contributed by atoms with Crippen LogP contribution in [-0.4, -0.2) is 43.2 Å². The zero-order valence-corrected chi connectivity index (χ0v) is 9.98. The highest BCUT2D eigenvalue weighted by Gasteiger charge is 2.22. The van der Waals surface area contributed by atoms with Crippen LogP contribution in [0.5, 0.6) is 0 Å². The van der Waals surface area contributed by atoms with Gasteiger partial charge in [-0.15, -0.1) is 0 Å². The summed E-state index contributed by atoms with van der Waals surface area (Å²) >= 11 is 0. The molecule has 1 aliphatic heterocycles. The molecule has 1 aromatic rings. The Hall–Kier alpha value is -1.55. The number of anilines is 1. The van der Waals surface area contributed by atoms with Crippen molar-refractivity contribution in [3.8, 4) is 0 Å². The van der Waals surface area contributed by atoms with Crippen molar-refractivity contribution in [1.29, 1.82) is 0 Å². The fourth-order valence-corrected chi connectivity index (χ4v) is 1.84. The molecule has 1 heterocycles. The van der Waals surface area contributed by atoms with E-state index >= 15 is 0 Å². The van der Waals surface area contributed by atoms with Gasteiger partial charge >= 0.3 is 0 Å². The molecule has 1 N–H and O–H groups in total. The summed E-state index contributed by atoms with van der Waals surface area (Å²) in [6.07, 6.45) is 0. The molecule has 0 saturated carbocycles. The van der Waals surface area contributed by atoms with Crippen molar-refractivity contribution in [2.75, 3.05) is 31.6 Å². The molecule has 1 amide bonds. The Kier molecular flexibility index (Phi) is 3.98. The van der Waals surface area contributed by atoms with Gasteiger partial charge in [0.25, 0.3) is 0 Å². The van der Waals surface area contributed by atoms with Crippen molar-refractivity contribution >= 4 is 11.6 Å². The third-order valence-corrected chi connectivity index (χ3v) is 2.77. The van der Waals surface area contributed by atoms with Crippen molar-refractivity contribution in [3.05, 3.63) is 30.3 Å². The molecule has 91 valence electrons. The zero-order valence-electron chi connectivity index (χ0n) is 9.98. The van der Waals surface area contributed by atoms with Crippen LogP contribution in [0.4, 0.5) is 5.69 Å². The van der Waals surface area contributed by atoms with E-state index in [-0.39, 0.29) is 11.9 Å². The molecule has 0 bridgehead atoms. The van der Waals surface area contributed by atoms with Crippen LogP contribution >= 0.6 is 0 Å². The van der Waals surface area contributed by atoms with Crippen LogP contribution in [0.15, 0.2) is 24.3 Å². The van der Waals surface area contributed by atoms with E-state index in [1.807, 2.05) is 36.1 Å². The lowest BCUT2D eigenvalue weighted by Gasteiger charge is -2.29. The van der Waals surface area contributed by atoms with Gasteiger partial charge in [-0.25, -0.2) is 0 Å². The van der Waals surface area contributed by atoms with Gasteiger partial charge in [-0.1, -0.05) is 18.2 Å². The lowest BCUT2D eigenvalue weighted by molar-refractivity contribution is -0.135. The Labute approximate surface area is 102 Å². The first-order valence-electron chi connectivity index (χ1n) is 5.87. The lowest BCUT2D eigenvalue weighted by Crippen LogP contribution is -2.46. The van der Waals surface area contributed by atoms with Gasteiger partial charge in [-0.05, 0) is 13.0 Å². The lowest BCUT2D eigenvalue weighted by atomic mass is 10.2. The molecular formula is C13H17N2O2. The second-order valence-corrected chi connectivity index (χ2v) is 4.08. The van der Waals surface area contributed by atoms with E-state index in [9.17, 15) is 4.79 Å². The molecule has 2 rings (SSSR count). The third kappa shape index (κ3) is 3.20. The number of amides is 1. The Bertz CT molecular complexity index is 361. The first-order valence-corrected chi connectivity index (χ1v) is 5.87. The van der Waals surface area contributed by atoms with E-state index in [4.69, 9.17) is 4.74 Å². The normalized spacial score (nSPS) is 17.6. The molecule has 0 aromatic heterocycles. The average molecular weight is 233 g/mol. The molecule has 4 nitrogen and oxygen atoms in total. The Morgan fingerprint density at radius 1 is 1.47 bits per heavy atom.